The number of unbranched alkanes of at least 4 members (excludes halogenated alkanes) is 3. The summed E-state index contributed by atoms with van der Waals surface area (Å²) in [5.41, 5.74) is 5.21. The molecule has 0 saturated carbocycles. The normalized spacial score (nSPS) is 10.4. The second-order valence-electron chi connectivity index (χ2n) is 9.69. The fourth-order valence-corrected chi connectivity index (χ4v) is 4.84. The van der Waals surface area contributed by atoms with Crippen molar-refractivity contribution in [1.82, 2.24) is 10.6 Å². The van der Waals surface area contributed by atoms with Crippen LogP contribution < -0.4 is 24.8 Å². The zero-order chi connectivity index (χ0) is 26.8. The van der Waals surface area contributed by atoms with Gasteiger partial charge in [0, 0.05) is 5.56 Å². The molecule has 0 aliphatic carbocycles. The highest BCUT2D eigenvalue weighted by Crippen LogP contribution is 2.34. The van der Waals surface area contributed by atoms with Crippen LogP contribution in [0, 0.1) is 0 Å². The fraction of sp³-hybridized carbons (Fsp3) is 0.455. The molecule has 40 heavy (non-hydrogen) atoms. The van der Waals surface area contributed by atoms with Gasteiger partial charge in [0.1, 0.15) is 5.75 Å². The third-order valence-electron chi connectivity index (χ3n) is 7.00. The van der Waals surface area contributed by atoms with E-state index in [1.165, 1.54) is 47.9 Å². The minimum atomic E-state index is 0. The largest absolute Gasteiger partial charge is 0.497 e. The van der Waals surface area contributed by atoms with E-state index in [1.54, 1.807) is 21.3 Å². The molecular weight excluding hydrogens is 543 g/mol. The number of benzene rings is 3. The van der Waals surface area contributed by atoms with E-state index in [2.05, 4.69) is 59.2 Å². The van der Waals surface area contributed by atoms with Crippen LogP contribution in [0.2, 0.25) is 0 Å². The van der Waals surface area contributed by atoms with E-state index < -0.39 is 0 Å². The number of halogens is 2. The van der Waals surface area contributed by atoms with E-state index in [0.29, 0.717) is 0 Å². The average molecular weight is 592 g/mol. The molecule has 0 amide bonds. The summed E-state index contributed by atoms with van der Waals surface area (Å²) in [6.45, 7) is 4.19. The van der Waals surface area contributed by atoms with E-state index in [4.69, 9.17) is 14.2 Å². The molecule has 3 aromatic carbocycles. The number of rotatable bonds is 19. The van der Waals surface area contributed by atoms with Gasteiger partial charge in [-0.2, -0.15) is 0 Å². The summed E-state index contributed by atoms with van der Waals surface area (Å²) in [5.74, 6) is 2.54. The van der Waals surface area contributed by atoms with E-state index in [-0.39, 0.29) is 24.8 Å². The standard InChI is InChI=1S/C33H46N2O3.2ClH/c1-36-30-15-11-14-28(26-30)16-18-31-29(17-19-32(37-2)33(31)38-3)21-25-35-23-10-5-4-9-22-34-24-20-27-12-7-6-8-13-27;;/h6-8,11-15,17,19,26,34-35H,4-5,9-10,16,18,20-25H2,1-3H3;2*1H. The van der Waals surface area contributed by atoms with Crippen LogP contribution in [0.3, 0.4) is 0 Å². The summed E-state index contributed by atoms with van der Waals surface area (Å²) in [6, 6.07) is 23.2. The Labute approximate surface area is 254 Å². The van der Waals surface area contributed by atoms with Gasteiger partial charge in [-0.05, 0) is 99.6 Å². The topological polar surface area (TPSA) is 51.8 Å². The van der Waals surface area contributed by atoms with Crippen molar-refractivity contribution >= 4 is 24.8 Å². The lowest BCUT2D eigenvalue weighted by Crippen LogP contribution is -2.20. The number of hydrogen-bond donors (Lipinski definition) is 2. The minimum Gasteiger partial charge on any atom is -0.497 e. The summed E-state index contributed by atoms with van der Waals surface area (Å²) >= 11 is 0. The van der Waals surface area contributed by atoms with Gasteiger partial charge in [0.2, 0.25) is 0 Å². The highest BCUT2D eigenvalue weighted by Gasteiger charge is 2.15. The predicted octanol–water partition coefficient (Wildman–Crippen LogP) is 6.87. The lowest BCUT2D eigenvalue weighted by Gasteiger charge is -2.17. The molecule has 2 N–H and O–H groups in total. The maximum atomic E-state index is 5.80. The van der Waals surface area contributed by atoms with Crippen LogP contribution in [0.1, 0.15) is 47.9 Å². The van der Waals surface area contributed by atoms with Crippen molar-refractivity contribution in [3.63, 3.8) is 0 Å². The molecule has 0 heterocycles. The zero-order valence-corrected chi connectivity index (χ0v) is 26.0. The van der Waals surface area contributed by atoms with Gasteiger partial charge < -0.3 is 24.8 Å². The Morgan fingerprint density at radius 2 is 1.23 bits per heavy atom. The predicted molar refractivity (Wildman–Crippen MR) is 173 cm³/mol. The Morgan fingerprint density at radius 1 is 0.550 bits per heavy atom. The molecule has 0 aliphatic rings. The van der Waals surface area contributed by atoms with Crippen LogP contribution in [0.15, 0.2) is 66.7 Å². The fourth-order valence-electron chi connectivity index (χ4n) is 4.84. The van der Waals surface area contributed by atoms with Crippen molar-refractivity contribution in [2.75, 3.05) is 47.5 Å². The molecule has 0 radical (unpaired) electrons. The summed E-state index contributed by atoms with van der Waals surface area (Å²) < 4.78 is 16.8. The minimum absolute atomic E-state index is 0. The molecule has 7 heteroatoms. The van der Waals surface area contributed by atoms with Gasteiger partial charge in [-0.25, -0.2) is 0 Å². The molecular formula is C33H48Cl2N2O3. The Bertz CT molecular complexity index is 1070. The molecule has 0 saturated heterocycles. The third-order valence-corrected chi connectivity index (χ3v) is 7.00. The lowest BCUT2D eigenvalue weighted by atomic mass is 9.96. The van der Waals surface area contributed by atoms with Gasteiger partial charge in [0.15, 0.2) is 11.5 Å². The summed E-state index contributed by atoms with van der Waals surface area (Å²) in [4.78, 5) is 0. The molecule has 0 aliphatic heterocycles. The second-order valence-corrected chi connectivity index (χ2v) is 9.69. The average Bonchev–Trinajstić information content (AvgIpc) is 2.97. The maximum absolute atomic E-state index is 5.80. The lowest BCUT2D eigenvalue weighted by molar-refractivity contribution is 0.351. The number of ether oxygens (including phenoxy) is 3. The molecule has 0 fully saturated rings. The maximum Gasteiger partial charge on any atom is 0.164 e. The van der Waals surface area contributed by atoms with Gasteiger partial charge >= 0.3 is 0 Å². The first-order valence-electron chi connectivity index (χ1n) is 14.1. The molecule has 3 aromatic rings. The van der Waals surface area contributed by atoms with Crippen LogP contribution in [0.25, 0.3) is 0 Å². The van der Waals surface area contributed by atoms with Gasteiger partial charge in [-0.15, -0.1) is 24.8 Å². The molecule has 0 spiro atoms. The first kappa shape index (κ1) is 35.6. The van der Waals surface area contributed by atoms with Gasteiger partial charge in [-0.1, -0.05) is 61.4 Å². The third kappa shape index (κ3) is 12.4. The first-order valence-corrected chi connectivity index (χ1v) is 14.1. The van der Waals surface area contributed by atoms with Crippen molar-refractivity contribution < 1.29 is 14.2 Å². The van der Waals surface area contributed by atoms with Crippen LogP contribution >= 0.6 is 24.8 Å². The van der Waals surface area contributed by atoms with Crippen molar-refractivity contribution in [2.24, 2.45) is 0 Å². The SMILES string of the molecule is COc1cccc(CCc2c(CCNCCCCCCNCCc3ccccc3)ccc(OC)c2OC)c1.Cl.Cl. The van der Waals surface area contributed by atoms with E-state index >= 15 is 0 Å². The number of aryl methyl sites for hydroxylation is 1. The first-order chi connectivity index (χ1) is 18.7. The molecule has 0 aromatic heterocycles. The van der Waals surface area contributed by atoms with Crippen molar-refractivity contribution in [3.8, 4) is 17.2 Å². The van der Waals surface area contributed by atoms with E-state index in [0.717, 1.165) is 69.1 Å². The molecule has 5 nitrogen and oxygen atoms in total. The Balaban J connectivity index is 0.00000400. The Morgan fingerprint density at radius 3 is 1.88 bits per heavy atom. The summed E-state index contributed by atoms with van der Waals surface area (Å²) in [5, 5.41) is 7.21. The molecule has 0 atom stereocenters. The highest BCUT2D eigenvalue weighted by molar-refractivity contribution is 5.85. The van der Waals surface area contributed by atoms with E-state index in [9.17, 15) is 0 Å². The second kappa shape index (κ2) is 21.3. The van der Waals surface area contributed by atoms with E-state index in [1.807, 2.05) is 18.2 Å². The highest BCUT2D eigenvalue weighted by atomic mass is 35.5. The molecule has 222 valence electrons. The number of methoxy groups -OCH3 is 3. The van der Waals surface area contributed by atoms with Gasteiger partial charge in [-0.3, -0.25) is 0 Å². The van der Waals surface area contributed by atoms with Gasteiger partial charge in [0.25, 0.3) is 0 Å². The molecule has 0 bridgehead atoms. The Hall–Kier alpha value is -2.44. The van der Waals surface area contributed by atoms with Crippen LogP contribution in [-0.4, -0.2) is 47.5 Å². The smallest absolute Gasteiger partial charge is 0.164 e. The molecule has 3 rings (SSSR count). The zero-order valence-electron chi connectivity index (χ0n) is 24.4. The summed E-state index contributed by atoms with van der Waals surface area (Å²) in [6.07, 6.45) is 8.91. The Kier molecular flexibility index (Phi) is 19.0. The van der Waals surface area contributed by atoms with Crippen molar-refractivity contribution in [1.29, 1.82) is 0 Å². The molecule has 0 unspecified atom stereocenters. The number of hydrogen-bond acceptors (Lipinski definition) is 5. The van der Waals surface area contributed by atoms with Crippen LogP contribution in [-0.2, 0) is 25.7 Å². The number of nitrogens with one attached hydrogen (secondary N) is 2. The van der Waals surface area contributed by atoms with Crippen molar-refractivity contribution in [3.05, 3.63) is 89.0 Å². The van der Waals surface area contributed by atoms with Gasteiger partial charge in [0.05, 0.1) is 21.3 Å². The quantitative estimate of drug-likeness (QED) is 0.149. The monoisotopic (exact) mass is 590 g/mol. The van der Waals surface area contributed by atoms with Crippen LogP contribution in [0.4, 0.5) is 0 Å². The summed E-state index contributed by atoms with van der Waals surface area (Å²) in [7, 11) is 5.14. The van der Waals surface area contributed by atoms with Crippen LogP contribution in [0.5, 0.6) is 17.2 Å². The van der Waals surface area contributed by atoms with Crippen molar-refractivity contribution in [2.45, 2.75) is 51.4 Å².